The SMILES string of the molecule is CCN(C)CC[CH2][In]([CH](C)C)[CH](C)C. The van der Waals surface area contributed by atoms with Crippen LogP contribution in [0.15, 0.2) is 0 Å². The molecule has 0 aliphatic carbocycles. The van der Waals surface area contributed by atoms with Gasteiger partial charge < -0.3 is 0 Å². The van der Waals surface area contributed by atoms with Gasteiger partial charge in [0.2, 0.25) is 0 Å². The predicted octanol–water partition coefficient (Wildman–Crippen LogP) is 3.64. The number of hydrogen-bond donors (Lipinski definition) is 0. The van der Waals surface area contributed by atoms with E-state index in [1.165, 1.54) is 19.5 Å². The summed E-state index contributed by atoms with van der Waals surface area (Å²) in [6.45, 7) is 14.5. The second-order valence-corrected chi connectivity index (χ2v) is 18.2. The monoisotopic (exact) mass is 301 g/mol. The molecule has 14 heavy (non-hydrogen) atoms. The Morgan fingerprint density at radius 3 is 1.93 bits per heavy atom. The molecule has 0 N–H and O–H groups in total. The normalized spacial score (nSPS) is 11.8. The van der Waals surface area contributed by atoms with Gasteiger partial charge in [0, 0.05) is 0 Å². The van der Waals surface area contributed by atoms with E-state index in [1.807, 2.05) is 0 Å². The number of hydrogen-bond acceptors (Lipinski definition) is 1. The molecule has 1 nitrogen and oxygen atoms in total. The van der Waals surface area contributed by atoms with Gasteiger partial charge in [-0.1, -0.05) is 0 Å². The van der Waals surface area contributed by atoms with Crippen LogP contribution in [0.25, 0.3) is 0 Å². The molecule has 0 unspecified atom stereocenters. The van der Waals surface area contributed by atoms with Crippen molar-refractivity contribution in [2.75, 3.05) is 20.1 Å². The van der Waals surface area contributed by atoms with E-state index in [0.717, 1.165) is 7.35 Å². The zero-order valence-corrected chi connectivity index (χ0v) is 14.3. The molecule has 0 fully saturated rings. The van der Waals surface area contributed by atoms with Gasteiger partial charge in [-0.25, -0.2) is 0 Å². The van der Waals surface area contributed by atoms with Crippen molar-refractivity contribution in [2.45, 2.75) is 52.6 Å². The molecule has 84 valence electrons. The zero-order valence-electron chi connectivity index (χ0n) is 11.0. The molecular weight excluding hydrogens is 273 g/mol. The summed E-state index contributed by atoms with van der Waals surface area (Å²) in [4.78, 5) is 2.43. The van der Waals surface area contributed by atoms with Gasteiger partial charge in [0.25, 0.3) is 0 Å². The van der Waals surface area contributed by atoms with Gasteiger partial charge in [-0.3, -0.25) is 0 Å². The van der Waals surface area contributed by atoms with Crippen molar-refractivity contribution in [1.29, 1.82) is 0 Å². The molecule has 0 amide bonds. The predicted molar refractivity (Wildman–Crippen MR) is 68.5 cm³/mol. The van der Waals surface area contributed by atoms with Gasteiger partial charge in [-0.2, -0.15) is 0 Å². The summed E-state index contributed by atoms with van der Waals surface area (Å²) in [5, 5.41) is 0. The molecule has 0 aromatic carbocycles. The van der Waals surface area contributed by atoms with Crippen molar-refractivity contribution in [2.24, 2.45) is 0 Å². The third kappa shape index (κ3) is 6.34. The van der Waals surface area contributed by atoms with Crippen LogP contribution in [-0.2, 0) is 0 Å². The molecule has 0 saturated carbocycles. The Balaban J connectivity index is 3.72. The van der Waals surface area contributed by atoms with Crippen LogP contribution < -0.4 is 0 Å². The van der Waals surface area contributed by atoms with Crippen LogP contribution in [0.1, 0.15) is 41.0 Å². The summed E-state index contributed by atoms with van der Waals surface area (Å²) in [5.74, 6) is 0. The van der Waals surface area contributed by atoms with Gasteiger partial charge >= 0.3 is 99.0 Å². The molecule has 0 radical (unpaired) electrons. The van der Waals surface area contributed by atoms with Crippen LogP contribution in [0.4, 0.5) is 0 Å². The van der Waals surface area contributed by atoms with Gasteiger partial charge in [-0.05, 0) is 0 Å². The van der Waals surface area contributed by atoms with Crippen LogP contribution in [0.2, 0.25) is 11.5 Å². The summed E-state index contributed by atoms with van der Waals surface area (Å²) in [5.41, 5.74) is 0. The molecule has 0 aliphatic rings. The zero-order chi connectivity index (χ0) is 11.1. The standard InChI is InChI=1S/C6H14N.2C3H7.In/c1-4-6-7(3)5-2;2*1-3-2;/h1,4-6H2,2-3H3;2*3H,1-2H3;. The fraction of sp³-hybridized carbons (Fsp3) is 1.00. The Morgan fingerprint density at radius 1 is 1.07 bits per heavy atom. The van der Waals surface area contributed by atoms with E-state index in [9.17, 15) is 0 Å². The molecule has 0 heterocycles. The van der Waals surface area contributed by atoms with Gasteiger partial charge in [-0.15, -0.1) is 0 Å². The first-order chi connectivity index (χ1) is 6.49. The van der Waals surface area contributed by atoms with Gasteiger partial charge in [0.05, 0.1) is 0 Å². The van der Waals surface area contributed by atoms with Crippen molar-refractivity contribution in [3.63, 3.8) is 0 Å². The van der Waals surface area contributed by atoms with Crippen molar-refractivity contribution in [3.8, 4) is 0 Å². The number of nitrogens with zero attached hydrogens (tertiary/aromatic N) is 1. The molecule has 2 heteroatoms. The fourth-order valence-electron chi connectivity index (χ4n) is 2.19. The summed E-state index contributed by atoms with van der Waals surface area (Å²) < 4.78 is 3.69. The van der Waals surface area contributed by atoms with Crippen molar-refractivity contribution < 1.29 is 0 Å². The topological polar surface area (TPSA) is 3.24 Å². The molecule has 0 rings (SSSR count). The van der Waals surface area contributed by atoms with Crippen LogP contribution in [0, 0.1) is 0 Å². The quantitative estimate of drug-likeness (QED) is 0.694. The van der Waals surface area contributed by atoms with Gasteiger partial charge in [0.1, 0.15) is 0 Å². The molecule has 0 atom stereocenters. The van der Waals surface area contributed by atoms with E-state index in [1.54, 1.807) is 4.18 Å². The van der Waals surface area contributed by atoms with E-state index in [0.29, 0.717) is 0 Å². The molecule has 0 bridgehead atoms. The van der Waals surface area contributed by atoms with Crippen molar-refractivity contribution in [3.05, 3.63) is 0 Å². The molecule has 0 aromatic heterocycles. The Morgan fingerprint density at radius 2 is 1.57 bits per heavy atom. The van der Waals surface area contributed by atoms with Crippen LogP contribution in [0.3, 0.4) is 0 Å². The van der Waals surface area contributed by atoms with E-state index in [2.05, 4.69) is 46.6 Å². The third-order valence-electron chi connectivity index (χ3n) is 3.33. The minimum absolute atomic E-state index is 1.05. The molecule has 0 saturated heterocycles. The minimum atomic E-state index is -1.18. The van der Waals surface area contributed by atoms with Crippen LogP contribution >= 0.6 is 0 Å². The van der Waals surface area contributed by atoms with Crippen molar-refractivity contribution in [1.82, 2.24) is 4.90 Å². The summed E-state index contributed by atoms with van der Waals surface area (Å²) >= 11 is -1.18. The second kappa shape index (κ2) is 8.04. The third-order valence-corrected chi connectivity index (χ3v) is 16.2. The van der Waals surface area contributed by atoms with E-state index in [4.69, 9.17) is 0 Å². The molecule has 0 spiro atoms. The molecule has 0 aromatic rings. The number of rotatable bonds is 7. The maximum absolute atomic E-state index is 2.45. The first kappa shape index (κ1) is 14.8. The summed E-state index contributed by atoms with van der Waals surface area (Å²) in [6.07, 6.45) is 1.45. The maximum atomic E-state index is 2.45. The summed E-state index contributed by atoms with van der Waals surface area (Å²) in [7, 11) is 2.23. The average Bonchev–Trinajstić information content (AvgIpc) is 2.10. The van der Waals surface area contributed by atoms with E-state index in [-0.39, 0.29) is 0 Å². The van der Waals surface area contributed by atoms with Gasteiger partial charge in [0.15, 0.2) is 0 Å². The Labute approximate surface area is 98.8 Å². The van der Waals surface area contributed by atoms with Crippen LogP contribution in [0.5, 0.6) is 0 Å². The first-order valence-corrected chi connectivity index (χ1v) is 12.3. The first-order valence-electron chi connectivity index (χ1n) is 6.17. The average molecular weight is 301 g/mol. The molecular formula is C12H28InN. The summed E-state index contributed by atoms with van der Waals surface area (Å²) in [6, 6.07) is 0. The Kier molecular flexibility index (Phi) is 8.51. The Bertz CT molecular complexity index is 126. The van der Waals surface area contributed by atoms with E-state index >= 15 is 0 Å². The van der Waals surface area contributed by atoms with Crippen LogP contribution in [-0.4, -0.2) is 46.5 Å². The second-order valence-electron chi connectivity index (χ2n) is 5.19. The van der Waals surface area contributed by atoms with Crippen molar-refractivity contribution >= 4 is 21.4 Å². The van der Waals surface area contributed by atoms with E-state index < -0.39 is 21.4 Å². The fourth-order valence-corrected chi connectivity index (χ4v) is 12.3. The Hall–Kier alpha value is 0.830. The molecule has 0 aliphatic heterocycles.